The minimum absolute atomic E-state index is 0.0926. The molecular weight excluding hydrogens is 205 g/mol. The Kier molecular flexibility index (Phi) is 2.10. The lowest BCUT2D eigenvalue weighted by Gasteiger charge is -2.09. The summed E-state index contributed by atoms with van der Waals surface area (Å²) in [6, 6.07) is 2.44. The molecule has 0 saturated heterocycles. The van der Waals surface area contributed by atoms with Gasteiger partial charge in [-0.05, 0) is 18.6 Å². The molecule has 1 aromatic heterocycles. The Labute approximate surface area is 83.8 Å². The fourth-order valence-corrected chi connectivity index (χ4v) is 1.42. The van der Waals surface area contributed by atoms with E-state index in [1.54, 1.807) is 6.92 Å². The quantitative estimate of drug-likeness (QED) is 0.670. The average Bonchev–Trinajstić information content (AvgIpc) is 2.17. The van der Waals surface area contributed by atoms with Gasteiger partial charge in [0, 0.05) is 12.4 Å². The summed E-state index contributed by atoms with van der Waals surface area (Å²) >= 11 is 0. The third-order valence-electron chi connectivity index (χ3n) is 2.13. The highest BCUT2D eigenvalue weighted by atomic mass is 19.4. The molecule has 15 heavy (non-hydrogen) atoms. The predicted molar refractivity (Wildman–Crippen MR) is 49.3 cm³/mol. The number of hydrogen-bond donors (Lipinski definition) is 0. The van der Waals surface area contributed by atoms with Crippen molar-refractivity contribution in [1.82, 2.24) is 9.97 Å². The lowest BCUT2D eigenvalue weighted by molar-refractivity contribution is -0.136. The number of hydrogen-bond acceptors (Lipinski definition) is 2. The highest BCUT2D eigenvalue weighted by Crippen LogP contribution is 2.33. The van der Waals surface area contributed by atoms with E-state index in [0.717, 1.165) is 6.07 Å². The normalized spacial score (nSPS) is 12.0. The van der Waals surface area contributed by atoms with Crippen LogP contribution in [-0.4, -0.2) is 9.97 Å². The van der Waals surface area contributed by atoms with Crippen molar-refractivity contribution in [2.24, 2.45) is 0 Å². The first-order chi connectivity index (χ1) is 7.00. The van der Waals surface area contributed by atoms with E-state index in [1.807, 2.05) is 0 Å². The molecule has 0 amide bonds. The summed E-state index contributed by atoms with van der Waals surface area (Å²) in [5.41, 5.74) is 0.152. The zero-order valence-corrected chi connectivity index (χ0v) is 7.84. The van der Waals surface area contributed by atoms with E-state index in [9.17, 15) is 13.2 Å². The van der Waals surface area contributed by atoms with Crippen molar-refractivity contribution in [3.8, 4) is 0 Å². The van der Waals surface area contributed by atoms with Crippen LogP contribution in [0.2, 0.25) is 0 Å². The average molecular weight is 212 g/mol. The molecule has 0 N–H and O–H groups in total. The van der Waals surface area contributed by atoms with E-state index in [-0.39, 0.29) is 5.52 Å². The zero-order valence-electron chi connectivity index (χ0n) is 7.84. The molecule has 0 aliphatic carbocycles. The fraction of sp³-hybridized carbons (Fsp3) is 0.200. The van der Waals surface area contributed by atoms with Crippen molar-refractivity contribution in [3.63, 3.8) is 0 Å². The molecule has 1 heterocycles. The highest BCUT2D eigenvalue weighted by Gasteiger charge is 2.33. The topological polar surface area (TPSA) is 25.8 Å². The Hall–Kier alpha value is -1.65. The molecule has 2 aromatic rings. The number of rotatable bonds is 0. The zero-order chi connectivity index (χ0) is 11.1. The van der Waals surface area contributed by atoms with Gasteiger partial charge in [0.2, 0.25) is 0 Å². The Balaban J connectivity index is 2.84. The van der Waals surface area contributed by atoms with Crippen LogP contribution in [0.4, 0.5) is 13.2 Å². The second-order valence-corrected chi connectivity index (χ2v) is 3.18. The monoisotopic (exact) mass is 212 g/mol. The summed E-state index contributed by atoms with van der Waals surface area (Å²) in [4.78, 5) is 7.62. The molecule has 0 spiro atoms. The second-order valence-electron chi connectivity index (χ2n) is 3.18. The minimum Gasteiger partial charge on any atom is -0.253 e. The number of fused-ring (bicyclic) bond motifs is 1. The van der Waals surface area contributed by atoms with E-state index in [0.29, 0.717) is 11.1 Å². The fourth-order valence-electron chi connectivity index (χ4n) is 1.42. The first-order valence-electron chi connectivity index (χ1n) is 4.27. The van der Waals surface area contributed by atoms with Crippen LogP contribution in [0.1, 0.15) is 11.1 Å². The van der Waals surface area contributed by atoms with Crippen molar-refractivity contribution >= 4 is 11.0 Å². The van der Waals surface area contributed by atoms with Crippen LogP contribution in [0.15, 0.2) is 24.5 Å². The van der Waals surface area contributed by atoms with Gasteiger partial charge >= 0.3 is 6.18 Å². The van der Waals surface area contributed by atoms with E-state index in [1.165, 1.54) is 18.5 Å². The number of aromatic nitrogens is 2. The van der Waals surface area contributed by atoms with Gasteiger partial charge in [-0.3, -0.25) is 9.97 Å². The molecule has 0 atom stereocenters. The van der Waals surface area contributed by atoms with Crippen LogP contribution in [0.25, 0.3) is 11.0 Å². The molecule has 0 bridgehead atoms. The maximum Gasteiger partial charge on any atom is 0.418 e. The van der Waals surface area contributed by atoms with E-state index in [4.69, 9.17) is 0 Å². The van der Waals surface area contributed by atoms with Crippen LogP contribution in [0.5, 0.6) is 0 Å². The molecule has 2 rings (SSSR count). The number of alkyl halides is 3. The first kappa shape index (κ1) is 9.89. The number of benzene rings is 1. The number of aryl methyl sites for hydroxylation is 1. The van der Waals surface area contributed by atoms with Crippen LogP contribution in [0.3, 0.4) is 0 Å². The summed E-state index contributed by atoms with van der Waals surface area (Å²) in [6.07, 6.45) is -1.74. The first-order valence-corrected chi connectivity index (χ1v) is 4.27. The number of nitrogens with zero attached hydrogens (tertiary/aromatic N) is 2. The molecule has 0 aliphatic rings. The van der Waals surface area contributed by atoms with Crippen molar-refractivity contribution in [3.05, 3.63) is 35.7 Å². The van der Waals surface area contributed by atoms with Gasteiger partial charge in [0.05, 0.1) is 11.1 Å². The molecule has 0 aliphatic heterocycles. The lowest BCUT2D eigenvalue weighted by Crippen LogP contribution is -2.07. The van der Waals surface area contributed by atoms with Crippen molar-refractivity contribution in [2.45, 2.75) is 13.1 Å². The van der Waals surface area contributed by atoms with Crippen molar-refractivity contribution in [1.29, 1.82) is 0 Å². The van der Waals surface area contributed by atoms with Gasteiger partial charge in [-0.1, -0.05) is 6.07 Å². The second kappa shape index (κ2) is 3.18. The summed E-state index contributed by atoms with van der Waals surface area (Å²) in [6.45, 7) is 1.71. The third-order valence-corrected chi connectivity index (χ3v) is 2.13. The van der Waals surface area contributed by atoms with Crippen LogP contribution in [0, 0.1) is 6.92 Å². The molecule has 0 unspecified atom stereocenters. The predicted octanol–water partition coefficient (Wildman–Crippen LogP) is 2.96. The van der Waals surface area contributed by atoms with Crippen LogP contribution < -0.4 is 0 Å². The largest absolute Gasteiger partial charge is 0.418 e. The van der Waals surface area contributed by atoms with Gasteiger partial charge in [0.1, 0.15) is 5.52 Å². The molecule has 0 radical (unpaired) electrons. The van der Waals surface area contributed by atoms with E-state index in [2.05, 4.69) is 9.97 Å². The highest BCUT2D eigenvalue weighted by molar-refractivity contribution is 5.81. The Morgan fingerprint density at radius 1 is 1.00 bits per heavy atom. The summed E-state index contributed by atoms with van der Waals surface area (Å²) in [5, 5.41) is 0. The molecule has 0 fully saturated rings. The van der Waals surface area contributed by atoms with Gasteiger partial charge in [0.15, 0.2) is 0 Å². The van der Waals surface area contributed by atoms with Crippen LogP contribution in [-0.2, 0) is 6.18 Å². The Bertz CT molecular complexity index is 505. The smallest absolute Gasteiger partial charge is 0.253 e. The number of halogens is 3. The van der Waals surface area contributed by atoms with Gasteiger partial charge < -0.3 is 0 Å². The standard InChI is InChI=1S/C10H7F3N2/c1-6-2-3-7(10(11,12)13)9-8(6)14-4-5-15-9/h2-5H,1H3. The van der Waals surface area contributed by atoms with Crippen molar-refractivity contribution < 1.29 is 13.2 Å². The molecule has 0 saturated carbocycles. The molecular formula is C10H7F3N2. The summed E-state index contributed by atoms with van der Waals surface area (Å²) < 4.78 is 37.7. The summed E-state index contributed by atoms with van der Waals surface area (Å²) in [7, 11) is 0. The van der Waals surface area contributed by atoms with Crippen LogP contribution >= 0.6 is 0 Å². The van der Waals surface area contributed by atoms with E-state index < -0.39 is 11.7 Å². The van der Waals surface area contributed by atoms with Gasteiger partial charge in [-0.15, -0.1) is 0 Å². The molecule has 2 nitrogen and oxygen atoms in total. The molecule has 78 valence electrons. The maximum atomic E-state index is 12.6. The lowest BCUT2D eigenvalue weighted by atomic mass is 10.1. The Morgan fingerprint density at radius 3 is 2.20 bits per heavy atom. The van der Waals surface area contributed by atoms with Crippen molar-refractivity contribution in [2.75, 3.05) is 0 Å². The third kappa shape index (κ3) is 1.65. The summed E-state index contributed by atoms with van der Waals surface area (Å²) in [5.74, 6) is 0. The maximum absolute atomic E-state index is 12.6. The molecule has 1 aromatic carbocycles. The van der Waals surface area contributed by atoms with Gasteiger partial charge in [0.25, 0.3) is 0 Å². The minimum atomic E-state index is -4.39. The molecule has 5 heteroatoms. The SMILES string of the molecule is Cc1ccc(C(F)(F)F)c2nccnc12. The van der Waals surface area contributed by atoms with Gasteiger partial charge in [-0.2, -0.15) is 13.2 Å². The van der Waals surface area contributed by atoms with E-state index >= 15 is 0 Å². The van der Waals surface area contributed by atoms with Gasteiger partial charge in [-0.25, -0.2) is 0 Å². The Morgan fingerprint density at radius 2 is 1.60 bits per heavy atom.